The van der Waals surface area contributed by atoms with Crippen LogP contribution in [0.3, 0.4) is 0 Å². The van der Waals surface area contributed by atoms with Crippen LogP contribution in [0, 0.1) is 6.92 Å². The standard InChI is InChI=1S/C16H20N2O3S/c1-4-18(15-8-6-5-7-9-15)16(19)13(3)22(20)11-14-10-12(2)21-17-14/h5-10,13H,4,11H2,1-3H3. The molecular weight excluding hydrogens is 300 g/mol. The van der Waals surface area contributed by atoms with Gasteiger partial charge in [0.25, 0.3) is 0 Å². The van der Waals surface area contributed by atoms with Gasteiger partial charge in [0.1, 0.15) is 11.0 Å². The second-order valence-electron chi connectivity index (χ2n) is 5.01. The molecule has 6 heteroatoms. The van der Waals surface area contributed by atoms with Gasteiger partial charge in [-0.3, -0.25) is 9.00 Å². The van der Waals surface area contributed by atoms with Crippen LogP contribution in [0.1, 0.15) is 25.3 Å². The number of nitrogens with zero attached hydrogens (tertiary/aromatic N) is 2. The molecule has 0 saturated heterocycles. The van der Waals surface area contributed by atoms with Gasteiger partial charge in [-0.25, -0.2) is 0 Å². The molecule has 0 spiro atoms. The predicted octanol–water partition coefficient (Wildman–Crippen LogP) is 2.67. The zero-order chi connectivity index (χ0) is 16.1. The molecular formula is C16H20N2O3S. The summed E-state index contributed by atoms with van der Waals surface area (Å²) in [6.07, 6.45) is 0. The van der Waals surface area contributed by atoms with Crippen LogP contribution in [-0.2, 0) is 21.3 Å². The fourth-order valence-corrected chi connectivity index (χ4v) is 3.19. The summed E-state index contributed by atoms with van der Waals surface area (Å²) in [5, 5.41) is 3.23. The van der Waals surface area contributed by atoms with Gasteiger partial charge in [0.15, 0.2) is 0 Å². The number of carbonyl (C=O) groups is 1. The maximum absolute atomic E-state index is 12.6. The molecule has 1 heterocycles. The lowest BCUT2D eigenvalue weighted by Crippen LogP contribution is -2.40. The minimum Gasteiger partial charge on any atom is -0.361 e. The maximum Gasteiger partial charge on any atom is 0.242 e. The molecule has 0 saturated carbocycles. The molecule has 2 rings (SSSR count). The first-order valence-electron chi connectivity index (χ1n) is 7.18. The van der Waals surface area contributed by atoms with Crippen molar-refractivity contribution in [3.8, 4) is 0 Å². The van der Waals surface area contributed by atoms with Crippen molar-refractivity contribution in [3.63, 3.8) is 0 Å². The number of para-hydroxylation sites is 1. The number of rotatable bonds is 6. The molecule has 2 aromatic rings. The summed E-state index contributed by atoms with van der Waals surface area (Å²) in [5.74, 6) is 0.744. The van der Waals surface area contributed by atoms with E-state index < -0.39 is 16.0 Å². The van der Waals surface area contributed by atoms with Crippen molar-refractivity contribution in [2.45, 2.75) is 31.8 Å². The summed E-state index contributed by atoms with van der Waals surface area (Å²) in [7, 11) is -1.34. The lowest BCUT2D eigenvalue weighted by atomic mass is 10.2. The summed E-state index contributed by atoms with van der Waals surface area (Å²) >= 11 is 0. The Bertz CT molecular complexity index is 654. The second kappa shape index (κ2) is 7.35. The molecule has 0 bridgehead atoms. The molecule has 118 valence electrons. The van der Waals surface area contributed by atoms with Crippen LogP contribution in [0.4, 0.5) is 5.69 Å². The highest BCUT2D eigenvalue weighted by Crippen LogP contribution is 2.17. The zero-order valence-electron chi connectivity index (χ0n) is 13.0. The minimum absolute atomic E-state index is 0.146. The number of aryl methyl sites for hydroxylation is 1. The van der Waals surface area contributed by atoms with Crippen LogP contribution in [0.25, 0.3) is 0 Å². The van der Waals surface area contributed by atoms with Gasteiger partial charge in [0, 0.05) is 29.1 Å². The molecule has 0 fully saturated rings. The van der Waals surface area contributed by atoms with E-state index in [2.05, 4.69) is 5.16 Å². The Hall–Kier alpha value is -1.95. The van der Waals surface area contributed by atoms with Crippen LogP contribution in [0.2, 0.25) is 0 Å². The van der Waals surface area contributed by atoms with Crippen molar-refractivity contribution in [2.24, 2.45) is 0 Å². The molecule has 0 N–H and O–H groups in total. The van der Waals surface area contributed by atoms with Crippen LogP contribution in [0.15, 0.2) is 40.9 Å². The highest BCUT2D eigenvalue weighted by molar-refractivity contribution is 7.85. The Balaban J connectivity index is 2.08. The van der Waals surface area contributed by atoms with Crippen LogP contribution in [0.5, 0.6) is 0 Å². The van der Waals surface area contributed by atoms with E-state index in [0.717, 1.165) is 5.69 Å². The van der Waals surface area contributed by atoms with Gasteiger partial charge < -0.3 is 9.42 Å². The molecule has 1 aromatic carbocycles. The topological polar surface area (TPSA) is 63.4 Å². The predicted molar refractivity (Wildman–Crippen MR) is 87.0 cm³/mol. The zero-order valence-corrected chi connectivity index (χ0v) is 13.8. The summed E-state index contributed by atoms with van der Waals surface area (Å²) in [4.78, 5) is 14.3. The molecule has 22 heavy (non-hydrogen) atoms. The smallest absolute Gasteiger partial charge is 0.242 e. The van der Waals surface area contributed by atoms with Crippen molar-refractivity contribution in [3.05, 3.63) is 47.9 Å². The third-order valence-corrected chi connectivity index (χ3v) is 4.93. The van der Waals surface area contributed by atoms with Crippen molar-refractivity contribution < 1.29 is 13.5 Å². The van der Waals surface area contributed by atoms with E-state index >= 15 is 0 Å². The van der Waals surface area contributed by atoms with Crippen molar-refractivity contribution in [1.29, 1.82) is 0 Å². The summed E-state index contributed by atoms with van der Waals surface area (Å²) in [6, 6.07) is 11.1. The Morgan fingerprint density at radius 2 is 2.05 bits per heavy atom. The fraction of sp³-hybridized carbons (Fsp3) is 0.375. The Kier molecular flexibility index (Phi) is 5.49. The Morgan fingerprint density at radius 3 is 2.59 bits per heavy atom. The van der Waals surface area contributed by atoms with Gasteiger partial charge in [-0.05, 0) is 32.9 Å². The summed E-state index contributed by atoms with van der Waals surface area (Å²) in [5.41, 5.74) is 1.43. The number of benzene rings is 1. The average Bonchev–Trinajstić information content (AvgIpc) is 2.93. The van der Waals surface area contributed by atoms with Gasteiger partial charge in [-0.15, -0.1) is 0 Å². The maximum atomic E-state index is 12.6. The van der Waals surface area contributed by atoms with Gasteiger partial charge >= 0.3 is 0 Å². The van der Waals surface area contributed by atoms with E-state index in [4.69, 9.17) is 4.52 Å². The van der Waals surface area contributed by atoms with Crippen molar-refractivity contribution >= 4 is 22.4 Å². The minimum atomic E-state index is -1.34. The van der Waals surface area contributed by atoms with E-state index in [1.165, 1.54) is 0 Å². The number of anilines is 1. The lowest BCUT2D eigenvalue weighted by Gasteiger charge is -2.24. The van der Waals surface area contributed by atoms with Crippen molar-refractivity contribution in [1.82, 2.24) is 5.16 Å². The number of hydrogen-bond acceptors (Lipinski definition) is 4. The molecule has 0 radical (unpaired) electrons. The highest BCUT2D eigenvalue weighted by Gasteiger charge is 2.26. The Labute approximate surface area is 132 Å². The van der Waals surface area contributed by atoms with Gasteiger partial charge in [-0.2, -0.15) is 0 Å². The molecule has 0 aliphatic rings. The summed E-state index contributed by atoms with van der Waals surface area (Å²) < 4.78 is 17.4. The van der Waals surface area contributed by atoms with Crippen LogP contribution >= 0.6 is 0 Å². The van der Waals surface area contributed by atoms with E-state index in [0.29, 0.717) is 18.0 Å². The SMILES string of the molecule is CCN(C(=O)C(C)S(=O)Cc1cc(C)on1)c1ccccc1. The second-order valence-corrected chi connectivity index (χ2v) is 6.77. The summed E-state index contributed by atoms with van der Waals surface area (Å²) in [6.45, 7) is 5.91. The molecule has 2 atom stereocenters. The van der Waals surface area contributed by atoms with E-state index in [9.17, 15) is 9.00 Å². The first kappa shape index (κ1) is 16.4. The third kappa shape index (κ3) is 3.82. The first-order chi connectivity index (χ1) is 10.5. The number of hydrogen-bond donors (Lipinski definition) is 0. The van der Waals surface area contributed by atoms with Gasteiger partial charge in [0.05, 0.1) is 11.4 Å². The molecule has 1 amide bonds. The molecule has 5 nitrogen and oxygen atoms in total. The van der Waals surface area contributed by atoms with Crippen LogP contribution < -0.4 is 4.90 Å². The van der Waals surface area contributed by atoms with E-state index in [1.54, 1.807) is 24.8 Å². The van der Waals surface area contributed by atoms with Gasteiger partial charge in [0.2, 0.25) is 5.91 Å². The quantitative estimate of drug-likeness (QED) is 0.821. The molecule has 0 aliphatic carbocycles. The largest absolute Gasteiger partial charge is 0.361 e. The fourth-order valence-electron chi connectivity index (χ4n) is 2.16. The highest BCUT2D eigenvalue weighted by atomic mass is 32.2. The van der Waals surface area contributed by atoms with Crippen molar-refractivity contribution in [2.75, 3.05) is 11.4 Å². The molecule has 2 unspecified atom stereocenters. The third-order valence-electron chi connectivity index (χ3n) is 3.36. The van der Waals surface area contributed by atoms with Gasteiger partial charge in [-0.1, -0.05) is 23.4 Å². The Morgan fingerprint density at radius 1 is 1.36 bits per heavy atom. The average molecular weight is 320 g/mol. The number of amides is 1. The van der Waals surface area contributed by atoms with Crippen LogP contribution in [-0.4, -0.2) is 27.1 Å². The molecule has 1 aromatic heterocycles. The van der Waals surface area contributed by atoms with E-state index in [1.807, 2.05) is 37.3 Å². The lowest BCUT2D eigenvalue weighted by molar-refractivity contribution is -0.117. The monoisotopic (exact) mass is 320 g/mol. The number of aromatic nitrogens is 1. The van der Waals surface area contributed by atoms with E-state index in [-0.39, 0.29) is 11.7 Å². The first-order valence-corrected chi connectivity index (χ1v) is 8.57. The number of carbonyl (C=O) groups excluding carboxylic acids is 1. The molecule has 0 aliphatic heterocycles. The normalized spacial score (nSPS) is 13.6.